The van der Waals surface area contributed by atoms with Crippen LogP contribution in [0.3, 0.4) is 0 Å². The van der Waals surface area contributed by atoms with Gasteiger partial charge in [-0.15, -0.1) is 0 Å². The minimum Gasteiger partial charge on any atom is -0.378 e. The van der Waals surface area contributed by atoms with Crippen LogP contribution in [0, 0.1) is 11.6 Å². The average Bonchev–Trinajstić information content (AvgIpc) is 2.77. The van der Waals surface area contributed by atoms with Crippen LogP contribution in [0.15, 0.2) is 16.9 Å². The molecule has 0 radical (unpaired) electrons. The first-order valence-corrected chi connectivity index (χ1v) is 6.66. The summed E-state index contributed by atoms with van der Waals surface area (Å²) in [5.41, 5.74) is 0.346. The lowest BCUT2D eigenvalue weighted by molar-refractivity contribution is 0.0363. The summed E-state index contributed by atoms with van der Waals surface area (Å²) in [5, 5.41) is 9.76. The van der Waals surface area contributed by atoms with Crippen LogP contribution in [0.4, 0.5) is 8.78 Å². The third-order valence-electron chi connectivity index (χ3n) is 4.12. The van der Waals surface area contributed by atoms with Gasteiger partial charge in [-0.05, 0) is 19.9 Å². The van der Waals surface area contributed by atoms with Crippen molar-refractivity contribution >= 4 is 11.0 Å². The quantitative estimate of drug-likeness (QED) is 0.861. The Morgan fingerprint density at radius 2 is 1.90 bits per heavy atom. The topological polar surface area (TPSA) is 58.4 Å². The molecule has 1 aromatic heterocycles. The maximum Gasteiger partial charge on any atom is 0.274 e. The average molecular weight is 295 g/mol. The fraction of sp³-hybridized carbons (Fsp3) is 0.429. The van der Waals surface area contributed by atoms with Crippen molar-refractivity contribution in [3.8, 4) is 0 Å². The number of hydrogen-bond acceptors (Lipinski definition) is 4. The van der Waals surface area contributed by atoms with Crippen molar-refractivity contribution in [2.45, 2.75) is 25.1 Å². The highest BCUT2D eigenvalue weighted by molar-refractivity contribution is 5.75. The first kappa shape index (κ1) is 14.1. The van der Waals surface area contributed by atoms with Crippen molar-refractivity contribution in [2.75, 3.05) is 7.05 Å². The maximum atomic E-state index is 13.4. The van der Waals surface area contributed by atoms with Gasteiger partial charge in [0.25, 0.3) is 5.56 Å². The van der Waals surface area contributed by atoms with Crippen LogP contribution in [0.2, 0.25) is 0 Å². The normalized spacial score (nSPS) is 23.1. The van der Waals surface area contributed by atoms with E-state index in [1.807, 2.05) is 0 Å². The van der Waals surface area contributed by atoms with Gasteiger partial charge in [-0.1, -0.05) is 0 Å². The molecule has 5 nitrogen and oxygen atoms in total. The van der Waals surface area contributed by atoms with Gasteiger partial charge in [-0.2, -0.15) is 0 Å². The highest BCUT2D eigenvalue weighted by Gasteiger charge is 2.33. The molecule has 0 spiro atoms. The van der Waals surface area contributed by atoms with Crippen molar-refractivity contribution in [1.29, 1.82) is 0 Å². The van der Waals surface area contributed by atoms with E-state index < -0.39 is 17.9 Å². The number of nitrogens with zero attached hydrogens (tertiary/aromatic N) is 3. The van der Waals surface area contributed by atoms with Crippen LogP contribution in [0.25, 0.3) is 11.0 Å². The van der Waals surface area contributed by atoms with Crippen LogP contribution in [-0.2, 0) is 7.05 Å². The first-order chi connectivity index (χ1) is 9.90. The number of aliphatic hydroxyl groups excluding tert-OH is 1. The third-order valence-corrected chi connectivity index (χ3v) is 4.12. The smallest absolute Gasteiger partial charge is 0.274 e. The lowest BCUT2D eigenvalue weighted by Gasteiger charge is -2.22. The number of aromatic nitrogens is 2. The summed E-state index contributed by atoms with van der Waals surface area (Å²) in [6, 6.07) is 1.63. The molecule has 1 aromatic carbocycles. The van der Waals surface area contributed by atoms with Crippen LogP contribution >= 0.6 is 0 Å². The van der Waals surface area contributed by atoms with Gasteiger partial charge >= 0.3 is 0 Å². The Kier molecular flexibility index (Phi) is 3.26. The second-order valence-electron chi connectivity index (χ2n) is 5.36. The predicted molar refractivity (Wildman–Crippen MR) is 72.6 cm³/mol. The number of halogens is 2. The molecule has 2 aromatic rings. The van der Waals surface area contributed by atoms with E-state index in [4.69, 9.17) is 0 Å². The van der Waals surface area contributed by atoms with Crippen molar-refractivity contribution in [2.24, 2.45) is 7.05 Å². The number of aliphatic hydroxyl groups is 1. The minimum atomic E-state index is -1.01. The molecule has 2 heterocycles. The monoisotopic (exact) mass is 295 g/mol. The van der Waals surface area contributed by atoms with E-state index in [9.17, 15) is 18.7 Å². The Morgan fingerprint density at radius 3 is 2.52 bits per heavy atom. The molecule has 7 heteroatoms. The Bertz CT molecular complexity index is 775. The fourth-order valence-corrected chi connectivity index (χ4v) is 2.81. The third kappa shape index (κ3) is 2.13. The summed E-state index contributed by atoms with van der Waals surface area (Å²) in [5.74, 6) is -2.01. The van der Waals surface area contributed by atoms with Crippen molar-refractivity contribution in [1.82, 2.24) is 14.5 Å². The molecule has 0 saturated carbocycles. The molecule has 0 bridgehead atoms. The molecule has 0 aliphatic carbocycles. The fourth-order valence-electron chi connectivity index (χ4n) is 2.81. The summed E-state index contributed by atoms with van der Waals surface area (Å²) in [6.45, 7) is 0. The van der Waals surface area contributed by atoms with Gasteiger partial charge in [-0.3, -0.25) is 9.69 Å². The number of fused-ring (bicyclic) bond motifs is 1. The Hall–Kier alpha value is -1.86. The molecule has 2 atom stereocenters. The molecule has 21 heavy (non-hydrogen) atoms. The van der Waals surface area contributed by atoms with E-state index in [-0.39, 0.29) is 28.3 Å². The Morgan fingerprint density at radius 1 is 1.24 bits per heavy atom. The first-order valence-electron chi connectivity index (χ1n) is 6.66. The zero-order valence-electron chi connectivity index (χ0n) is 11.7. The Labute approximate surface area is 119 Å². The van der Waals surface area contributed by atoms with E-state index >= 15 is 0 Å². The van der Waals surface area contributed by atoms with Crippen LogP contribution in [0.5, 0.6) is 0 Å². The van der Waals surface area contributed by atoms with E-state index in [0.29, 0.717) is 12.8 Å². The molecule has 1 aliphatic heterocycles. The van der Waals surface area contributed by atoms with Crippen molar-refractivity contribution in [3.05, 3.63) is 39.8 Å². The van der Waals surface area contributed by atoms with E-state index in [0.717, 1.165) is 12.1 Å². The van der Waals surface area contributed by atoms with Gasteiger partial charge in [0.05, 0.1) is 17.1 Å². The molecule has 1 fully saturated rings. The Balaban J connectivity index is 2.23. The molecule has 2 unspecified atom stereocenters. The van der Waals surface area contributed by atoms with Crippen molar-refractivity contribution in [3.63, 3.8) is 0 Å². The molecular formula is C14H15F2N3O2. The molecular weight excluding hydrogens is 280 g/mol. The zero-order chi connectivity index (χ0) is 15.3. The minimum absolute atomic E-state index is 0.223. The maximum absolute atomic E-state index is 13.4. The summed E-state index contributed by atoms with van der Waals surface area (Å²) in [7, 11) is 3.21. The standard InChI is InChI=1S/C14H15F2N3O2/c1-18-10(3-4-12(18)20)13-14(21)19(2)11-6-8(16)7(15)5-9(11)17-13/h5-6,10,12,20H,3-4H2,1-2H3. The van der Waals surface area contributed by atoms with Gasteiger partial charge in [0.2, 0.25) is 0 Å². The predicted octanol–water partition coefficient (Wildman–Crippen LogP) is 1.30. The van der Waals surface area contributed by atoms with Crippen LogP contribution < -0.4 is 5.56 Å². The SMILES string of the molecule is CN1C(O)CCC1c1nc2cc(F)c(F)cc2n(C)c1=O. The summed E-state index contributed by atoms with van der Waals surface area (Å²) < 4.78 is 28.0. The number of rotatable bonds is 1. The molecule has 0 amide bonds. The van der Waals surface area contributed by atoms with E-state index in [1.165, 1.54) is 11.6 Å². The second kappa shape index (κ2) is 4.85. The lowest BCUT2D eigenvalue weighted by atomic mass is 10.1. The number of benzene rings is 1. The van der Waals surface area contributed by atoms with Gasteiger partial charge in [0.1, 0.15) is 11.9 Å². The molecule has 112 valence electrons. The highest BCUT2D eigenvalue weighted by atomic mass is 19.2. The summed E-state index contributed by atoms with van der Waals surface area (Å²) >= 11 is 0. The van der Waals surface area contributed by atoms with Gasteiger partial charge in [0, 0.05) is 19.2 Å². The molecule has 1 saturated heterocycles. The van der Waals surface area contributed by atoms with Gasteiger partial charge in [-0.25, -0.2) is 13.8 Å². The number of likely N-dealkylation sites (tertiary alicyclic amines) is 1. The van der Waals surface area contributed by atoms with Crippen LogP contribution in [0.1, 0.15) is 24.6 Å². The van der Waals surface area contributed by atoms with Gasteiger partial charge < -0.3 is 9.67 Å². The summed E-state index contributed by atoms with van der Waals surface area (Å²) in [6.07, 6.45) is 0.513. The highest BCUT2D eigenvalue weighted by Crippen LogP contribution is 2.31. The second-order valence-corrected chi connectivity index (χ2v) is 5.36. The van der Waals surface area contributed by atoms with Crippen LogP contribution in [-0.4, -0.2) is 32.8 Å². The van der Waals surface area contributed by atoms with E-state index in [2.05, 4.69) is 4.98 Å². The lowest BCUT2D eigenvalue weighted by Crippen LogP contribution is -2.33. The largest absolute Gasteiger partial charge is 0.378 e. The van der Waals surface area contributed by atoms with E-state index in [1.54, 1.807) is 11.9 Å². The number of aryl methyl sites for hydroxylation is 1. The molecule has 3 rings (SSSR count). The zero-order valence-corrected chi connectivity index (χ0v) is 11.7. The van der Waals surface area contributed by atoms with Crippen molar-refractivity contribution < 1.29 is 13.9 Å². The molecule has 1 aliphatic rings. The summed E-state index contributed by atoms with van der Waals surface area (Å²) in [4.78, 5) is 18.3. The number of hydrogen-bond donors (Lipinski definition) is 1. The molecule has 1 N–H and O–H groups in total. The van der Waals surface area contributed by atoms with Gasteiger partial charge in [0.15, 0.2) is 11.6 Å².